The molecule has 1 saturated heterocycles. The summed E-state index contributed by atoms with van der Waals surface area (Å²) in [5.74, 6) is -0.352. The van der Waals surface area contributed by atoms with Crippen molar-refractivity contribution in [2.45, 2.75) is 39.5 Å². The maximum absolute atomic E-state index is 12.5. The van der Waals surface area contributed by atoms with Crippen LogP contribution in [0.3, 0.4) is 0 Å². The third-order valence-corrected chi connectivity index (χ3v) is 6.23. The van der Waals surface area contributed by atoms with Crippen LogP contribution in [0.2, 0.25) is 0 Å². The van der Waals surface area contributed by atoms with Crippen molar-refractivity contribution in [1.82, 2.24) is 9.80 Å². The summed E-state index contributed by atoms with van der Waals surface area (Å²) in [6.07, 6.45) is 4.13. The van der Waals surface area contributed by atoms with Crippen molar-refractivity contribution in [2.24, 2.45) is 0 Å². The summed E-state index contributed by atoms with van der Waals surface area (Å²) >= 11 is 1.54. The third-order valence-electron chi connectivity index (χ3n) is 5.03. The molecule has 7 heteroatoms. The molecule has 1 amide bonds. The molecular formula is C19H29N3O3S. The van der Waals surface area contributed by atoms with E-state index in [4.69, 9.17) is 4.74 Å². The van der Waals surface area contributed by atoms with Gasteiger partial charge in [0.15, 0.2) is 0 Å². The summed E-state index contributed by atoms with van der Waals surface area (Å²) in [4.78, 5) is 30.8. The van der Waals surface area contributed by atoms with Crippen molar-refractivity contribution < 1.29 is 14.3 Å². The summed E-state index contributed by atoms with van der Waals surface area (Å²) in [5, 5.41) is 3.66. The van der Waals surface area contributed by atoms with E-state index in [1.54, 1.807) is 18.3 Å². The minimum atomic E-state index is -0.310. The number of piperazine rings is 1. The van der Waals surface area contributed by atoms with Gasteiger partial charge in [-0.1, -0.05) is 6.92 Å². The molecule has 26 heavy (non-hydrogen) atoms. The molecule has 2 heterocycles. The highest BCUT2D eigenvalue weighted by Crippen LogP contribution is 2.39. The molecule has 0 atom stereocenters. The lowest BCUT2D eigenvalue weighted by Gasteiger charge is -2.34. The second-order valence-corrected chi connectivity index (χ2v) is 8.05. The van der Waals surface area contributed by atoms with Crippen LogP contribution in [-0.2, 0) is 22.4 Å². The topological polar surface area (TPSA) is 61.9 Å². The molecule has 1 aliphatic heterocycles. The Kier molecular flexibility index (Phi) is 6.67. The van der Waals surface area contributed by atoms with Crippen molar-refractivity contribution in [1.29, 1.82) is 0 Å². The number of thiophene rings is 1. The van der Waals surface area contributed by atoms with E-state index in [0.717, 1.165) is 57.5 Å². The Morgan fingerprint density at radius 2 is 1.85 bits per heavy atom. The monoisotopic (exact) mass is 379 g/mol. The number of carbonyl (C=O) groups excluding carboxylic acids is 2. The highest BCUT2D eigenvalue weighted by molar-refractivity contribution is 7.17. The molecular weight excluding hydrogens is 350 g/mol. The SMILES string of the molecule is CCCN1CCN(CC(=O)Nc2sc3c(c2C(=O)OCC)CCC3)CC1. The van der Waals surface area contributed by atoms with Crippen LogP contribution in [0.15, 0.2) is 0 Å². The molecule has 3 rings (SSSR count). The fourth-order valence-corrected chi connectivity index (χ4v) is 5.06. The fourth-order valence-electron chi connectivity index (χ4n) is 3.77. The molecule has 1 aliphatic carbocycles. The molecule has 144 valence electrons. The average molecular weight is 380 g/mol. The van der Waals surface area contributed by atoms with E-state index in [2.05, 4.69) is 22.0 Å². The van der Waals surface area contributed by atoms with E-state index in [-0.39, 0.29) is 11.9 Å². The molecule has 1 aromatic rings. The fraction of sp³-hybridized carbons (Fsp3) is 0.684. The third kappa shape index (κ3) is 4.45. The van der Waals surface area contributed by atoms with Crippen LogP contribution in [0, 0.1) is 0 Å². The molecule has 0 radical (unpaired) electrons. The minimum absolute atomic E-state index is 0.0422. The van der Waals surface area contributed by atoms with Gasteiger partial charge in [0, 0.05) is 31.1 Å². The summed E-state index contributed by atoms with van der Waals surface area (Å²) in [6, 6.07) is 0. The van der Waals surface area contributed by atoms with Gasteiger partial charge in [-0.05, 0) is 44.7 Å². The zero-order valence-electron chi connectivity index (χ0n) is 15.8. The smallest absolute Gasteiger partial charge is 0.341 e. The molecule has 1 fully saturated rings. The van der Waals surface area contributed by atoms with Gasteiger partial charge in [-0.2, -0.15) is 0 Å². The number of hydrogen-bond donors (Lipinski definition) is 1. The van der Waals surface area contributed by atoms with Gasteiger partial charge in [-0.3, -0.25) is 9.69 Å². The Morgan fingerprint density at radius 3 is 2.54 bits per heavy atom. The van der Waals surface area contributed by atoms with E-state index < -0.39 is 0 Å². The quantitative estimate of drug-likeness (QED) is 0.737. The van der Waals surface area contributed by atoms with Crippen molar-refractivity contribution >= 4 is 28.2 Å². The number of amides is 1. The molecule has 0 unspecified atom stereocenters. The number of nitrogens with zero attached hydrogens (tertiary/aromatic N) is 2. The highest BCUT2D eigenvalue weighted by atomic mass is 32.1. The van der Waals surface area contributed by atoms with Gasteiger partial charge < -0.3 is 15.0 Å². The Morgan fingerprint density at radius 1 is 1.12 bits per heavy atom. The molecule has 1 N–H and O–H groups in total. The molecule has 0 spiro atoms. The molecule has 0 bridgehead atoms. The van der Waals surface area contributed by atoms with Gasteiger partial charge in [0.25, 0.3) is 0 Å². The van der Waals surface area contributed by atoms with Gasteiger partial charge in [0.1, 0.15) is 5.00 Å². The molecule has 1 aromatic heterocycles. The normalized spacial score (nSPS) is 17.9. The van der Waals surface area contributed by atoms with E-state index in [1.165, 1.54) is 11.3 Å². The van der Waals surface area contributed by atoms with E-state index in [0.29, 0.717) is 23.7 Å². The number of nitrogens with one attached hydrogen (secondary N) is 1. The van der Waals surface area contributed by atoms with Crippen LogP contribution in [0.5, 0.6) is 0 Å². The van der Waals surface area contributed by atoms with Crippen LogP contribution >= 0.6 is 11.3 Å². The van der Waals surface area contributed by atoms with Gasteiger partial charge in [-0.15, -0.1) is 11.3 Å². The standard InChI is InChI=1S/C19H29N3O3S/c1-3-8-21-9-11-22(12-10-21)13-16(23)20-18-17(19(24)25-4-2)14-6-5-7-15(14)26-18/h3-13H2,1-2H3,(H,20,23). The van der Waals surface area contributed by atoms with Crippen molar-refractivity contribution in [3.05, 3.63) is 16.0 Å². The molecule has 0 saturated carbocycles. The lowest BCUT2D eigenvalue weighted by atomic mass is 10.1. The Hall–Kier alpha value is -1.44. The van der Waals surface area contributed by atoms with Crippen molar-refractivity contribution in [3.8, 4) is 0 Å². The second-order valence-electron chi connectivity index (χ2n) is 6.95. The van der Waals surface area contributed by atoms with E-state index in [1.807, 2.05) is 0 Å². The minimum Gasteiger partial charge on any atom is -0.462 e. The van der Waals surface area contributed by atoms with Crippen molar-refractivity contribution in [2.75, 3.05) is 51.2 Å². The van der Waals surface area contributed by atoms with Crippen molar-refractivity contribution in [3.63, 3.8) is 0 Å². The average Bonchev–Trinajstić information content (AvgIpc) is 3.17. The first kappa shape index (κ1) is 19.3. The molecule has 0 aromatic carbocycles. The number of fused-ring (bicyclic) bond motifs is 1. The zero-order valence-corrected chi connectivity index (χ0v) is 16.6. The van der Waals surface area contributed by atoms with Crippen LogP contribution in [0.1, 0.15) is 47.5 Å². The first-order valence-corrected chi connectivity index (χ1v) is 10.5. The van der Waals surface area contributed by atoms with Gasteiger partial charge in [0.2, 0.25) is 5.91 Å². The van der Waals surface area contributed by atoms with E-state index in [9.17, 15) is 9.59 Å². The number of hydrogen-bond acceptors (Lipinski definition) is 6. The lowest BCUT2D eigenvalue weighted by molar-refractivity contribution is -0.117. The largest absolute Gasteiger partial charge is 0.462 e. The van der Waals surface area contributed by atoms with E-state index >= 15 is 0 Å². The summed E-state index contributed by atoms with van der Waals surface area (Å²) in [6.45, 7) is 9.72. The number of anilines is 1. The summed E-state index contributed by atoms with van der Waals surface area (Å²) in [5.41, 5.74) is 1.67. The summed E-state index contributed by atoms with van der Waals surface area (Å²) in [7, 11) is 0. The number of ether oxygens (including phenoxy) is 1. The van der Waals surface area contributed by atoms with Gasteiger partial charge >= 0.3 is 5.97 Å². The second kappa shape index (κ2) is 8.97. The lowest BCUT2D eigenvalue weighted by Crippen LogP contribution is -2.48. The number of carbonyl (C=O) groups is 2. The van der Waals surface area contributed by atoms with Crippen LogP contribution in [-0.4, -0.2) is 67.6 Å². The first-order valence-electron chi connectivity index (χ1n) is 9.68. The Labute approximate surface area is 159 Å². The highest BCUT2D eigenvalue weighted by Gasteiger charge is 2.28. The van der Waals surface area contributed by atoms with Crippen LogP contribution < -0.4 is 5.32 Å². The Bertz CT molecular complexity index is 651. The van der Waals surface area contributed by atoms with Crippen LogP contribution in [0.25, 0.3) is 0 Å². The number of aryl methyl sites for hydroxylation is 1. The Balaban J connectivity index is 1.60. The predicted octanol–water partition coefficient (Wildman–Crippen LogP) is 2.38. The first-order chi connectivity index (χ1) is 12.6. The van der Waals surface area contributed by atoms with Gasteiger partial charge in [-0.25, -0.2) is 4.79 Å². The predicted molar refractivity (Wildman–Crippen MR) is 104 cm³/mol. The summed E-state index contributed by atoms with van der Waals surface area (Å²) < 4.78 is 5.22. The van der Waals surface area contributed by atoms with Crippen LogP contribution in [0.4, 0.5) is 5.00 Å². The molecule has 6 nitrogen and oxygen atoms in total. The zero-order chi connectivity index (χ0) is 18.5. The maximum Gasteiger partial charge on any atom is 0.341 e. The number of rotatable bonds is 7. The number of esters is 1. The van der Waals surface area contributed by atoms with Gasteiger partial charge in [0.05, 0.1) is 18.7 Å². The molecule has 2 aliphatic rings. The maximum atomic E-state index is 12.5.